The van der Waals surface area contributed by atoms with Gasteiger partial charge in [0.05, 0.1) is 5.69 Å². The third kappa shape index (κ3) is 2.17. The van der Waals surface area contributed by atoms with E-state index in [-0.39, 0.29) is 11.9 Å². The highest BCUT2D eigenvalue weighted by atomic mass is 19.1. The molecule has 0 aromatic heterocycles. The van der Waals surface area contributed by atoms with Crippen LogP contribution < -0.4 is 10.6 Å². The maximum atomic E-state index is 14.0. The van der Waals surface area contributed by atoms with E-state index in [1.54, 1.807) is 19.2 Å². The fraction of sp³-hybridized carbons (Fsp3) is 0.526. The highest BCUT2D eigenvalue weighted by molar-refractivity contribution is 6.14. The third-order valence-corrected chi connectivity index (χ3v) is 6.39. The van der Waals surface area contributed by atoms with Crippen molar-refractivity contribution in [2.45, 2.75) is 50.9 Å². The van der Waals surface area contributed by atoms with Gasteiger partial charge in [-0.3, -0.25) is 19.3 Å². The number of fused-ring (bicyclic) bond motifs is 4. The van der Waals surface area contributed by atoms with Crippen LogP contribution in [0.2, 0.25) is 0 Å². The predicted octanol–water partition coefficient (Wildman–Crippen LogP) is -0.301. The Morgan fingerprint density at radius 3 is 2.63 bits per heavy atom. The monoisotopic (exact) mass is 376 g/mol. The highest BCUT2D eigenvalue weighted by Gasteiger charge is 2.75. The molecule has 3 heterocycles. The Hall–Kier alpha value is -2.32. The minimum absolute atomic E-state index is 0.307. The number of hydrogen-bond acceptors (Lipinski definition) is 4. The van der Waals surface area contributed by atoms with Crippen LogP contribution in [0.3, 0.4) is 0 Å². The fourth-order valence-corrected chi connectivity index (χ4v) is 4.94. The number of amides is 3. The van der Waals surface area contributed by atoms with Crippen LogP contribution in [-0.4, -0.2) is 45.9 Å². The molecule has 1 spiro atoms. The average molecular weight is 376 g/mol. The van der Waals surface area contributed by atoms with Crippen molar-refractivity contribution in [3.05, 3.63) is 29.6 Å². The molecule has 6 atom stereocenters. The van der Waals surface area contributed by atoms with E-state index in [1.165, 1.54) is 23.1 Å². The number of rotatable bonds is 3. The van der Waals surface area contributed by atoms with Crippen molar-refractivity contribution in [2.75, 3.05) is 5.32 Å². The number of aliphatic hydroxyl groups excluding tert-OH is 1. The lowest BCUT2D eigenvalue weighted by Gasteiger charge is -2.29. The summed E-state index contributed by atoms with van der Waals surface area (Å²) in [4.78, 5) is 40.7. The molecule has 1 aromatic rings. The minimum atomic E-state index is -1.45. The van der Waals surface area contributed by atoms with Crippen molar-refractivity contribution in [1.82, 2.24) is 4.90 Å². The number of nitrogens with two attached hydrogens (primary N) is 1. The summed E-state index contributed by atoms with van der Waals surface area (Å²) in [6.07, 6.45) is -0.333. The van der Waals surface area contributed by atoms with Crippen LogP contribution in [0.5, 0.6) is 0 Å². The van der Waals surface area contributed by atoms with Gasteiger partial charge in [-0.1, -0.05) is 6.92 Å². The molecule has 4 rings (SSSR count). The summed E-state index contributed by atoms with van der Waals surface area (Å²) in [6.45, 7) is 5.20. The number of hydrogen-bond donors (Lipinski definition) is 3. The number of nitrogens with one attached hydrogen (secondary N) is 1. The van der Waals surface area contributed by atoms with E-state index in [0.29, 0.717) is 17.7 Å². The van der Waals surface area contributed by atoms with Crippen LogP contribution in [0.1, 0.15) is 32.8 Å². The quantitative estimate of drug-likeness (QED) is 0.630. The zero-order valence-corrected chi connectivity index (χ0v) is 15.4. The molecule has 2 fully saturated rings. The van der Waals surface area contributed by atoms with Crippen LogP contribution in [-0.2, 0) is 19.9 Å². The van der Waals surface area contributed by atoms with Crippen molar-refractivity contribution in [3.63, 3.8) is 0 Å². The molecule has 0 radical (unpaired) electrons. The Labute approximate surface area is 155 Å². The SMILES string of the molecule is CC[C@@H](C)N1C(=O)[C@@H]2[C@@H]([C@@H](C)O)[NH2+][C@]3(C(=O)Nc4ccc(F)cc43)[C@@H]2C1=O. The number of benzene rings is 1. The van der Waals surface area contributed by atoms with Crippen molar-refractivity contribution < 1.29 is 29.2 Å². The molecule has 3 amide bonds. The van der Waals surface area contributed by atoms with Crippen LogP contribution in [0.25, 0.3) is 0 Å². The van der Waals surface area contributed by atoms with Gasteiger partial charge in [-0.2, -0.15) is 0 Å². The molecule has 0 aliphatic carbocycles. The third-order valence-electron chi connectivity index (χ3n) is 6.39. The summed E-state index contributed by atoms with van der Waals surface area (Å²) < 4.78 is 14.0. The first-order valence-corrected chi connectivity index (χ1v) is 9.26. The van der Waals surface area contributed by atoms with Crippen molar-refractivity contribution in [2.24, 2.45) is 11.8 Å². The number of carbonyl (C=O) groups is 3. The zero-order valence-electron chi connectivity index (χ0n) is 15.4. The molecular formula is C19H23FN3O4+. The average Bonchev–Trinajstić information content (AvgIpc) is 3.20. The molecule has 2 saturated heterocycles. The summed E-state index contributed by atoms with van der Waals surface area (Å²) in [5.74, 6) is -3.56. The van der Waals surface area contributed by atoms with Gasteiger partial charge in [-0.05, 0) is 38.5 Å². The number of nitrogens with zero attached hydrogens (tertiary/aromatic N) is 1. The molecule has 0 saturated carbocycles. The smallest absolute Gasteiger partial charge is 0.291 e. The summed E-state index contributed by atoms with van der Waals surface area (Å²) in [7, 11) is 0. The van der Waals surface area contributed by atoms with E-state index in [9.17, 15) is 23.9 Å². The predicted molar refractivity (Wildman–Crippen MR) is 92.7 cm³/mol. The van der Waals surface area contributed by atoms with Gasteiger partial charge in [-0.15, -0.1) is 0 Å². The maximum absolute atomic E-state index is 14.0. The van der Waals surface area contributed by atoms with Gasteiger partial charge in [0.2, 0.25) is 17.4 Å². The summed E-state index contributed by atoms with van der Waals surface area (Å²) in [5.41, 5.74) is -0.652. The molecule has 3 aliphatic rings. The Kier molecular flexibility index (Phi) is 3.91. The van der Waals surface area contributed by atoms with Gasteiger partial charge in [0, 0.05) is 11.6 Å². The maximum Gasteiger partial charge on any atom is 0.291 e. The normalized spacial score (nSPS) is 34.0. The van der Waals surface area contributed by atoms with Gasteiger partial charge < -0.3 is 15.7 Å². The Morgan fingerprint density at radius 1 is 1.30 bits per heavy atom. The molecule has 3 aliphatic heterocycles. The molecule has 1 aromatic carbocycles. The van der Waals surface area contributed by atoms with Crippen molar-refractivity contribution in [3.8, 4) is 0 Å². The van der Waals surface area contributed by atoms with Gasteiger partial charge in [0.15, 0.2) is 0 Å². The lowest BCUT2D eigenvalue weighted by molar-refractivity contribution is -0.738. The number of anilines is 1. The molecular weight excluding hydrogens is 353 g/mol. The largest absolute Gasteiger partial charge is 0.387 e. The second-order valence-electron chi connectivity index (χ2n) is 7.80. The first-order valence-electron chi connectivity index (χ1n) is 9.26. The molecule has 27 heavy (non-hydrogen) atoms. The molecule has 0 bridgehead atoms. The number of imide groups is 1. The lowest BCUT2D eigenvalue weighted by atomic mass is 9.76. The van der Waals surface area contributed by atoms with E-state index in [2.05, 4.69) is 5.32 Å². The zero-order chi connectivity index (χ0) is 19.7. The van der Waals surface area contributed by atoms with Gasteiger partial charge in [-0.25, -0.2) is 4.39 Å². The van der Waals surface area contributed by atoms with Crippen molar-refractivity contribution in [1.29, 1.82) is 0 Å². The Bertz CT molecular complexity index is 857. The fourth-order valence-electron chi connectivity index (χ4n) is 4.94. The second-order valence-corrected chi connectivity index (χ2v) is 7.80. The van der Waals surface area contributed by atoms with Crippen LogP contribution >= 0.6 is 0 Å². The van der Waals surface area contributed by atoms with Gasteiger partial charge in [0.1, 0.15) is 29.8 Å². The Morgan fingerprint density at radius 2 is 2.00 bits per heavy atom. The van der Waals surface area contributed by atoms with Crippen LogP contribution in [0.15, 0.2) is 18.2 Å². The van der Waals surface area contributed by atoms with Gasteiger partial charge in [0.25, 0.3) is 5.91 Å². The lowest BCUT2D eigenvalue weighted by Crippen LogP contribution is -3.00. The molecule has 8 heteroatoms. The van der Waals surface area contributed by atoms with E-state index in [4.69, 9.17) is 0 Å². The number of likely N-dealkylation sites (tertiary alicyclic amines) is 1. The number of aliphatic hydroxyl groups is 1. The van der Waals surface area contributed by atoms with E-state index in [0.717, 1.165) is 0 Å². The first-order chi connectivity index (χ1) is 12.7. The number of carbonyl (C=O) groups excluding carboxylic acids is 3. The topological polar surface area (TPSA) is 103 Å². The van der Waals surface area contributed by atoms with Crippen LogP contribution in [0.4, 0.5) is 10.1 Å². The second kappa shape index (κ2) is 5.84. The molecule has 7 nitrogen and oxygen atoms in total. The van der Waals surface area contributed by atoms with E-state index >= 15 is 0 Å². The standard InChI is InChI=1S/C19H22FN3O4/c1-4-8(2)23-16(25)13-14(17(23)26)19(22-15(13)9(3)24)11-7-10(20)5-6-12(11)21-18(19)27/h5-9,13-15,22,24H,4H2,1-3H3,(H,21,27)/p+1/t8-,9-,13+,14+,15-,19+/m1/s1. The summed E-state index contributed by atoms with van der Waals surface area (Å²) >= 11 is 0. The molecule has 144 valence electrons. The minimum Gasteiger partial charge on any atom is -0.387 e. The Balaban J connectivity index is 1.92. The first kappa shape index (κ1) is 18.1. The van der Waals surface area contributed by atoms with Gasteiger partial charge >= 0.3 is 0 Å². The van der Waals surface area contributed by atoms with Crippen molar-refractivity contribution >= 4 is 23.4 Å². The number of halogens is 1. The van der Waals surface area contributed by atoms with E-state index in [1.807, 2.05) is 6.92 Å². The number of quaternary nitrogens is 1. The van der Waals surface area contributed by atoms with Crippen LogP contribution in [0, 0.1) is 17.7 Å². The van der Waals surface area contributed by atoms with E-state index < -0.39 is 47.2 Å². The molecule has 4 N–H and O–H groups in total. The summed E-state index contributed by atoms with van der Waals surface area (Å²) in [5, 5.41) is 14.6. The summed E-state index contributed by atoms with van der Waals surface area (Å²) in [6, 6.07) is 2.97. The molecule has 0 unspecified atom stereocenters. The highest BCUT2D eigenvalue weighted by Crippen LogP contribution is 2.49.